The molecule has 0 N–H and O–H groups in total. The molecule has 0 aromatic heterocycles. The van der Waals surface area contributed by atoms with E-state index in [9.17, 15) is 0 Å². The van der Waals surface area contributed by atoms with Crippen LogP contribution in [-0.4, -0.2) is 30.2 Å². The molecular formula is C9H12BrMgO-. The largest absolute Gasteiger partial charge is 2.00 e. The molecule has 0 aliphatic heterocycles. The Hall–Kier alpha value is 0.426. The zero-order valence-corrected chi connectivity index (χ0v) is 10.3. The fourth-order valence-electron chi connectivity index (χ4n) is 0.645. The van der Waals surface area contributed by atoms with Crippen LogP contribution in [0, 0.1) is 6.92 Å². The van der Waals surface area contributed by atoms with E-state index in [-0.39, 0.29) is 40.0 Å². The maximum absolute atomic E-state index is 8.25. The van der Waals surface area contributed by atoms with Gasteiger partial charge in [0.1, 0.15) is 0 Å². The van der Waals surface area contributed by atoms with Crippen molar-refractivity contribution in [3.8, 4) is 0 Å². The second-order valence-electron chi connectivity index (χ2n) is 1.74. The Morgan fingerprint density at radius 2 is 1.58 bits per heavy atom. The van der Waals surface area contributed by atoms with Gasteiger partial charge < -0.3 is 29.0 Å². The van der Waals surface area contributed by atoms with E-state index >= 15 is 0 Å². The van der Waals surface area contributed by atoms with E-state index in [1.54, 1.807) is 0 Å². The summed E-state index contributed by atoms with van der Waals surface area (Å²) in [5, 5.41) is 8.25. The van der Waals surface area contributed by atoms with E-state index in [2.05, 4.69) is 19.1 Å². The van der Waals surface area contributed by atoms with Crippen LogP contribution in [0.3, 0.4) is 0 Å². The van der Waals surface area contributed by atoms with Crippen LogP contribution in [0.2, 0.25) is 0 Å². The molecule has 1 rings (SSSR count). The molecule has 0 radical (unpaired) electrons. The number of hydrogen-bond acceptors (Lipinski definition) is 1. The van der Waals surface area contributed by atoms with E-state index in [1.165, 1.54) is 5.56 Å². The molecule has 1 nitrogen and oxygen atoms in total. The summed E-state index contributed by atoms with van der Waals surface area (Å²) in [5.41, 5.74) is 1.30. The molecule has 0 amide bonds. The van der Waals surface area contributed by atoms with Gasteiger partial charge in [0.2, 0.25) is 0 Å². The standard InChI is InChI=1S/C8H9.CH3O.BrH.Mg/c1-2-8-6-4-3-5-7-8;1-2;;/h3-7H,1-2H2;1H3;1H;/q2*-1;;+2/p-1. The first-order chi connectivity index (χ1) is 4.93. The van der Waals surface area contributed by atoms with Crippen molar-refractivity contribution < 1.29 is 22.1 Å². The third-order valence-electron chi connectivity index (χ3n) is 1.13. The molecule has 0 aliphatic rings. The van der Waals surface area contributed by atoms with Gasteiger partial charge in [-0.2, -0.15) is 13.5 Å². The average molecular weight is 240 g/mol. The first kappa shape index (κ1) is 18.3. The number of halogens is 1. The van der Waals surface area contributed by atoms with Crippen molar-refractivity contribution in [1.82, 2.24) is 0 Å². The Balaban J connectivity index is -0.000000189. The Bertz CT molecular complexity index is 156. The van der Waals surface area contributed by atoms with Crippen molar-refractivity contribution in [3.63, 3.8) is 0 Å². The first-order valence-corrected chi connectivity index (χ1v) is 3.17. The SMILES string of the molecule is C[O-].[Br-].[CH2-]Cc1ccccc1.[Mg+2]. The summed E-state index contributed by atoms with van der Waals surface area (Å²) in [7, 11) is 0.750. The van der Waals surface area contributed by atoms with Gasteiger partial charge in [-0.05, 0) is 0 Å². The van der Waals surface area contributed by atoms with E-state index in [1.807, 2.05) is 18.2 Å². The summed E-state index contributed by atoms with van der Waals surface area (Å²) in [6, 6.07) is 10.2. The van der Waals surface area contributed by atoms with Gasteiger partial charge in [-0.25, -0.2) is 0 Å². The number of benzene rings is 1. The Morgan fingerprint density at radius 1 is 1.17 bits per heavy atom. The van der Waals surface area contributed by atoms with E-state index in [4.69, 9.17) is 5.11 Å². The molecule has 0 saturated heterocycles. The fraction of sp³-hybridized carbons (Fsp3) is 0.222. The van der Waals surface area contributed by atoms with E-state index in [0.717, 1.165) is 13.5 Å². The molecule has 12 heavy (non-hydrogen) atoms. The van der Waals surface area contributed by atoms with Crippen LogP contribution in [0.5, 0.6) is 0 Å². The predicted octanol–water partition coefficient (Wildman–Crippen LogP) is -2.34. The van der Waals surface area contributed by atoms with Crippen molar-refractivity contribution in [2.24, 2.45) is 0 Å². The monoisotopic (exact) mass is 239 g/mol. The van der Waals surface area contributed by atoms with Crippen molar-refractivity contribution >= 4 is 23.1 Å². The van der Waals surface area contributed by atoms with Gasteiger partial charge in [0.15, 0.2) is 0 Å². The minimum atomic E-state index is 0. The van der Waals surface area contributed by atoms with Crippen LogP contribution >= 0.6 is 0 Å². The average Bonchev–Trinajstić information content (AvgIpc) is 2.10. The molecular weight excluding hydrogens is 228 g/mol. The van der Waals surface area contributed by atoms with Crippen LogP contribution in [0.15, 0.2) is 30.3 Å². The van der Waals surface area contributed by atoms with Crippen molar-refractivity contribution in [3.05, 3.63) is 42.8 Å². The van der Waals surface area contributed by atoms with Crippen molar-refractivity contribution in [2.45, 2.75) is 6.42 Å². The maximum Gasteiger partial charge on any atom is 2.00 e. The second-order valence-corrected chi connectivity index (χ2v) is 1.74. The molecule has 0 saturated carbocycles. The van der Waals surface area contributed by atoms with Crippen molar-refractivity contribution in [1.29, 1.82) is 0 Å². The molecule has 1 aromatic carbocycles. The molecule has 0 spiro atoms. The van der Waals surface area contributed by atoms with Crippen LogP contribution in [0.25, 0.3) is 0 Å². The molecule has 64 valence electrons. The summed E-state index contributed by atoms with van der Waals surface area (Å²) < 4.78 is 0. The third-order valence-corrected chi connectivity index (χ3v) is 1.13. The molecule has 1 aromatic rings. The van der Waals surface area contributed by atoms with Gasteiger partial charge in [-0.1, -0.05) is 35.9 Å². The van der Waals surface area contributed by atoms with Crippen molar-refractivity contribution in [2.75, 3.05) is 7.11 Å². The minimum Gasteiger partial charge on any atom is -1.00 e. The van der Waals surface area contributed by atoms with Gasteiger partial charge in [0.05, 0.1) is 0 Å². The molecule has 0 bridgehead atoms. The quantitative estimate of drug-likeness (QED) is 0.399. The van der Waals surface area contributed by atoms with Crippen LogP contribution in [-0.2, 0) is 6.42 Å². The van der Waals surface area contributed by atoms with Gasteiger partial charge in [-0.3, -0.25) is 0 Å². The summed E-state index contributed by atoms with van der Waals surface area (Å²) in [6.45, 7) is 3.76. The van der Waals surface area contributed by atoms with Crippen LogP contribution < -0.4 is 22.1 Å². The van der Waals surface area contributed by atoms with Crippen LogP contribution in [0.1, 0.15) is 5.56 Å². The third kappa shape index (κ3) is 8.52. The number of hydrogen-bond donors (Lipinski definition) is 0. The maximum atomic E-state index is 8.25. The molecule has 0 atom stereocenters. The molecule has 0 heterocycles. The molecule has 0 fully saturated rings. The Kier molecular flexibility index (Phi) is 21.3. The summed E-state index contributed by atoms with van der Waals surface area (Å²) >= 11 is 0. The molecule has 0 unspecified atom stereocenters. The zero-order valence-electron chi connectivity index (χ0n) is 7.29. The zero-order chi connectivity index (χ0) is 7.82. The minimum absolute atomic E-state index is 0. The Labute approximate surface area is 101 Å². The smallest absolute Gasteiger partial charge is 1.00 e. The van der Waals surface area contributed by atoms with Gasteiger partial charge in [0, 0.05) is 0 Å². The summed E-state index contributed by atoms with van der Waals surface area (Å²) in [4.78, 5) is 0. The summed E-state index contributed by atoms with van der Waals surface area (Å²) in [6.07, 6.45) is 0.890. The predicted molar refractivity (Wildman–Crippen MR) is 47.2 cm³/mol. The van der Waals surface area contributed by atoms with Gasteiger partial charge >= 0.3 is 23.1 Å². The fourth-order valence-corrected chi connectivity index (χ4v) is 0.645. The number of rotatable bonds is 1. The van der Waals surface area contributed by atoms with Crippen LogP contribution in [0.4, 0.5) is 0 Å². The molecule has 3 heteroatoms. The molecule has 0 aliphatic carbocycles. The Morgan fingerprint density at radius 3 is 1.83 bits per heavy atom. The van der Waals surface area contributed by atoms with Gasteiger partial charge in [-0.15, -0.1) is 0 Å². The van der Waals surface area contributed by atoms with E-state index < -0.39 is 0 Å². The summed E-state index contributed by atoms with van der Waals surface area (Å²) in [5.74, 6) is 0. The van der Waals surface area contributed by atoms with E-state index in [0.29, 0.717) is 0 Å². The normalized spacial score (nSPS) is 6.58. The first-order valence-electron chi connectivity index (χ1n) is 3.17. The topological polar surface area (TPSA) is 23.1 Å². The van der Waals surface area contributed by atoms with Gasteiger partial charge in [0.25, 0.3) is 0 Å². The second kappa shape index (κ2) is 14.0.